The Morgan fingerprint density at radius 1 is 1.06 bits per heavy atom. The molecule has 7 heteroatoms. The zero-order valence-electron chi connectivity index (χ0n) is 20.7. The molecule has 0 spiro atoms. The van der Waals surface area contributed by atoms with Crippen LogP contribution in [0.15, 0.2) is 82.0 Å². The first-order valence-electron chi connectivity index (χ1n) is 11.8. The lowest BCUT2D eigenvalue weighted by Gasteiger charge is -2.36. The van der Waals surface area contributed by atoms with Gasteiger partial charge in [-0.1, -0.05) is 71.9 Å². The second-order valence-electron chi connectivity index (χ2n) is 9.13. The number of aliphatic imine (C=N–C) groups is 1. The Kier molecular flexibility index (Phi) is 7.45. The minimum absolute atomic E-state index is 0.0882. The molecule has 0 bridgehead atoms. The van der Waals surface area contributed by atoms with Crippen LogP contribution in [0.3, 0.4) is 0 Å². The fourth-order valence-electron chi connectivity index (χ4n) is 4.25. The molecule has 2 aromatic carbocycles. The number of ether oxygens (including phenoxy) is 1. The van der Waals surface area contributed by atoms with Crippen LogP contribution >= 0.6 is 11.8 Å². The number of fused-ring (bicyclic) bond motifs is 1. The smallest absolute Gasteiger partial charge is 0.338 e. The fourth-order valence-corrected chi connectivity index (χ4v) is 5.22. The van der Waals surface area contributed by atoms with Gasteiger partial charge in [0, 0.05) is 5.70 Å². The Labute approximate surface area is 211 Å². The first-order valence-corrected chi connectivity index (χ1v) is 12.7. The van der Waals surface area contributed by atoms with Gasteiger partial charge in [0.15, 0.2) is 5.17 Å². The van der Waals surface area contributed by atoms with Crippen molar-refractivity contribution >= 4 is 28.8 Å². The van der Waals surface area contributed by atoms with Crippen molar-refractivity contribution < 1.29 is 14.3 Å². The number of thioether (sulfide) groups is 1. The summed E-state index contributed by atoms with van der Waals surface area (Å²) >= 11 is 1.47. The zero-order chi connectivity index (χ0) is 25.1. The molecule has 4 rings (SSSR count). The third-order valence-corrected chi connectivity index (χ3v) is 6.86. The molecule has 2 heterocycles. The van der Waals surface area contributed by atoms with Gasteiger partial charge < -0.3 is 15.0 Å². The lowest BCUT2D eigenvalue weighted by Crippen LogP contribution is -2.38. The van der Waals surface area contributed by atoms with E-state index in [0.29, 0.717) is 11.3 Å². The summed E-state index contributed by atoms with van der Waals surface area (Å²) in [6, 6.07) is 17.5. The summed E-state index contributed by atoms with van der Waals surface area (Å²) < 4.78 is 5.60. The lowest BCUT2D eigenvalue weighted by molar-refractivity contribution is -0.143. The van der Waals surface area contributed by atoms with Gasteiger partial charge in [0.05, 0.1) is 35.9 Å². The number of hydrogen-bond acceptors (Lipinski definition) is 6. The van der Waals surface area contributed by atoms with Gasteiger partial charge in [-0.25, -0.2) is 9.79 Å². The first-order chi connectivity index (χ1) is 16.7. The van der Waals surface area contributed by atoms with Crippen LogP contribution in [0, 0.1) is 6.92 Å². The topological polar surface area (TPSA) is 71.0 Å². The minimum Gasteiger partial charge on any atom is -0.459 e. The number of amides is 1. The van der Waals surface area contributed by atoms with E-state index < -0.39 is 6.04 Å². The molecular formula is C28H31N3O3S. The predicted molar refractivity (Wildman–Crippen MR) is 140 cm³/mol. The van der Waals surface area contributed by atoms with E-state index in [-0.39, 0.29) is 30.4 Å². The van der Waals surface area contributed by atoms with Crippen LogP contribution in [0.4, 0.5) is 0 Å². The largest absolute Gasteiger partial charge is 0.459 e. The normalized spacial score (nSPS) is 18.1. The summed E-state index contributed by atoms with van der Waals surface area (Å²) in [4.78, 5) is 33.0. The first kappa shape index (κ1) is 24.8. The van der Waals surface area contributed by atoms with E-state index in [2.05, 4.69) is 5.32 Å². The van der Waals surface area contributed by atoms with E-state index in [1.165, 1.54) is 11.8 Å². The molecule has 1 N–H and O–H groups in total. The fraction of sp³-hybridized carbons (Fsp3) is 0.321. The molecule has 182 valence electrons. The Morgan fingerprint density at radius 2 is 1.74 bits per heavy atom. The molecule has 1 amide bonds. The molecule has 2 aromatic rings. The second-order valence-corrected chi connectivity index (χ2v) is 9.97. The number of rotatable bonds is 7. The maximum atomic E-state index is 13.2. The monoisotopic (exact) mass is 489 g/mol. The van der Waals surface area contributed by atoms with Crippen LogP contribution in [0.5, 0.6) is 0 Å². The van der Waals surface area contributed by atoms with Gasteiger partial charge in [-0.2, -0.15) is 0 Å². The van der Waals surface area contributed by atoms with E-state index in [4.69, 9.17) is 9.73 Å². The summed E-state index contributed by atoms with van der Waals surface area (Å²) in [6.45, 7) is 9.51. The molecule has 2 aliphatic heterocycles. The number of benzene rings is 2. The molecular weight excluding hydrogens is 458 g/mol. The van der Waals surface area contributed by atoms with Gasteiger partial charge in [0.25, 0.3) is 0 Å². The van der Waals surface area contributed by atoms with E-state index in [1.807, 2.05) is 99.5 Å². The SMILES string of the molecule is CC1=C(C(=O)OC(C)C)C(c2ccc(C)cc2)N2C(CC(=O)NC(C)c3ccccc3)=CSC2=N1. The third-order valence-electron chi connectivity index (χ3n) is 5.98. The highest BCUT2D eigenvalue weighted by Crippen LogP contribution is 2.45. The van der Waals surface area contributed by atoms with Crippen molar-refractivity contribution in [1.29, 1.82) is 0 Å². The molecule has 35 heavy (non-hydrogen) atoms. The molecule has 0 saturated heterocycles. The number of allylic oxidation sites excluding steroid dienone is 1. The van der Waals surface area contributed by atoms with Crippen LogP contribution in [0.25, 0.3) is 0 Å². The van der Waals surface area contributed by atoms with Gasteiger partial charge >= 0.3 is 5.97 Å². The third kappa shape index (κ3) is 5.51. The average molecular weight is 490 g/mol. The lowest BCUT2D eigenvalue weighted by atomic mass is 9.93. The number of carbonyl (C=O) groups excluding carboxylic acids is 2. The second kappa shape index (κ2) is 10.5. The number of hydrogen-bond donors (Lipinski definition) is 1. The summed E-state index contributed by atoms with van der Waals surface area (Å²) in [5, 5.41) is 5.80. The maximum Gasteiger partial charge on any atom is 0.338 e. The van der Waals surface area contributed by atoms with Gasteiger partial charge in [0.1, 0.15) is 0 Å². The highest BCUT2D eigenvalue weighted by atomic mass is 32.2. The van der Waals surface area contributed by atoms with Crippen molar-refractivity contribution in [3.63, 3.8) is 0 Å². The van der Waals surface area contributed by atoms with Crippen LogP contribution in [0.1, 0.15) is 62.9 Å². The Morgan fingerprint density at radius 3 is 2.40 bits per heavy atom. The Hall–Kier alpha value is -3.32. The van der Waals surface area contributed by atoms with Gasteiger partial charge in [-0.3, -0.25) is 4.79 Å². The molecule has 0 aromatic heterocycles. The summed E-state index contributed by atoms with van der Waals surface area (Å²) in [5.74, 6) is -0.473. The quantitative estimate of drug-likeness (QED) is 0.499. The minimum atomic E-state index is -0.421. The summed E-state index contributed by atoms with van der Waals surface area (Å²) in [5.41, 5.74) is 5.07. The summed E-state index contributed by atoms with van der Waals surface area (Å²) in [7, 11) is 0. The van der Waals surface area contributed by atoms with Gasteiger partial charge in [0.2, 0.25) is 5.91 Å². The zero-order valence-corrected chi connectivity index (χ0v) is 21.6. The average Bonchev–Trinajstić information content (AvgIpc) is 3.20. The Bertz CT molecular complexity index is 1200. The molecule has 2 aliphatic rings. The molecule has 2 atom stereocenters. The number of aryl methyl sites for hydroxylation is 1. The standard InChI is InChI=1S/C28H31N3O3S/c1-17(2)34-27(33)25-20(5)30-28-31(26(25)22-13-11-18(3)12-14-22)23(16-35-28)15-24(32)29-19(4)21-9-7-6-8-10-21/h6-14,16-17,19,26H,15H2,1-5H3,(H,29,32). The van der Waals surface area contributed by atoms with E-state index in [1.54, 1.807) is 0 Å². The highest BCUT2D eigenvalue weighted by Gasteiger charge is 2.41. The molecule has 0 aliphatic carbocycles. The van der Waals surface area contributed by atoms with Crippen molar-refractivity contribution in [1.82, 2.24) is 10.2 Å². The van der Waals surface area contributed by atoms with Crippen molar-refractivity contribution in [2.24, 2.45) is 4.99 Å². The number of esters is 1. The van der Waals surface area contributed by atoms with E-state index in [0.717, 1.165) is 27.6 Å². The van der Waals surface area contributed by atoms with Crippen LogP contribution < -0.4 is 5.32 Å². The van der Waals surface area contributed by atoms with Crippen LogP contribution in [-0.2, 0) is 14.3 Å². The van der Waals surface area contributed by atoms with Crippen molar-refractivity contribution in [2.75, 3.05) is 0 Å². The molecule has 0 saturated carbocycles. The number of nitrogens with one attached hydrogen (secondary N) is 1. The van der Waals surface area contributed by atoms with Crippen LogP contribution in [-0.4, -0.2) is 28.0 Å². The van der Waals surface area contributed by atoms with Crippen molar-refractivity contribution in [3.05, 3.63) is 93.7 Å². The predicted octanol–water partition coefficient (Wildman–Crippen LogP) is 5.79. The van der Waals surface area contributed by atoms with Gasteiger partial charge in [-0.15, -0.1) is 0 Å². The molecule has 2 unspecified atom stereocenters. The van der Waals surface area contributed by atoms with E-state index in [9.17, 15) is 9.59 Å². The molecule has 0 radical (unpaired) electrons. The number of amidine groups is 1. The molecule has 0 fully saturated rings. The van der Waals surface area contributed by atoms with Crippen molar-refractivity contribution in [2.45, 2.75) is 59.2 Å². The Balaban J connectivity index is 1.63. The number of carbonyl (C=O) groups is 2. The summed E-state index contributed by atoms with van der Waals surface area (Å²) in [6.07, 6.45) is -0.0723. The highest BCUT2D eigenvalue weighted by molar-refractivity contribution is 8.16. The van der Waals surface area contributed by atoms with Crippen molar-refractivity contribution in [3.8, 4) is 0 Å². The van der Waals surface area contributed by atoms with Crippen LogP contribution in [0.2, 0.25) is 0 Å². The molecule has 6 nitrogen and oxygen atoms in total. The number of nitrogens with zero attached hydrogens (tertiary/aromatic N) is 2. The van der Waals surface area contributed by atoms with Gasteiger partial charge in [-0.05, 0) is 51.2 Å². The van der Waals surface area contributed by atoms with E-state index >= 15 is 0 Å². The maximum absolute atomic E-state index is 13.2.